The number of nitrogens with zero attached hydrogens (tertiary/aromatic N) is 2. The predicted octanol–water partition coefficient (Wildman–Crippen LogP) is 2.84. The molecule has 3 rings (SSSR count). The van der Waals surface area contributed by atoms with Crippen LogP contribution in [0.5, 0.6) is 0 Å². The summed E-state index contributed by atoms with van der Waals surface area (Å²) in [6.45, 7) is 2.65. The lowest BCUT2D eigenvalue weighted by Gasteiger charge is -2.30. The second-order valence-corrected chi connectivity index (χ2v) is 9.12. The van der Waals surface area contributed by atoms with Gasteiger partial charge < -0.3 is 9.64 Å². The number of rotatable bonds is 6. The smallest absolute Gasteiger partial charge is 0.243 e. The van der Waals surface area contributed by atoms with Crippen molar-refractivity contribution in [2.24, 2.45) is 0 Å². The zero-order chi connectivity index (χ0) is 21.0. The molecule has 2 aromatic carbocycles. The molecule has 1 heterocycles. The number of carbonyl (C=O) groups excluding carboxylic acids is 1. The molecular formula is C20H22ClFN2O4S. The SMILES string of the molecule is Cc1ccc(S(=O)(=O)N(CC(=O)N2CCOCC2)Cc2c(F)cccc2Cl)cc1. The summed E-state index contributed by atoms with van der Waals surface area (Å²) >= 11 is 6.10. The maximum Gasteiger partial charge on any atom is 0.243 e. The summed E-state index contributed by atoms with van der Waals surface area (Å²) in [5.41, 5.74) is 0.927. The van der Waals surface area contributed by atoms with Gasteiger partial charge in [-0.05, 0) is 31.2 Å². The van der Waals surface area contributed by atoms with Crippen LogP contribution in [0.3, 0.4) is 0 Å². The van der Waals surface area contributed by atoms with Gasteiger partial charge in [-0.3, -0.25) is 4.79 Å². The molecular weight excluding hydrogens is 419 g/mol. The molecule has 9 heteroatoms. The van der Waals surface area contributed by atoms with Crippen LogP contribution < -0.4 is 0 Å². The highest BCUT2D eigenvalue weighted by Crippen LogP contribution is 2.25. The molecule has 0 aliphatic carbocycles. The summed E-state index contributed by atoms with van der Waals surface area (Å²) < 4.78 is 47.0. The highest BCUT2D eigenvalue weighted by atomic mass is 35.5. The Labute approximate surface area is 174 Å². The van der Waals surface area contributed by atoms with E-state index in [9.17, 15) is 17.6 Å². The minimum Gasteiger partial charge on any atom is -0.378 e. The third kappa shape index (κ3) is 5.14. The van der Waals surface area contributed by atoms with E-state index in [4.69, 9.17) is 16.3 Å². The van der Waals surface area contributed by atoms with Crippen molar-refractivity contribution in [2.45, 2.75) is 18.4 Å². The number of aryl methyl sites for hydroxylation is 1. The molecule has 0 bridgehead atoms. The molecule has 0 saturated carbocycles. The van der Waals surface area contributed by atoms with Crippen molar-refractivity contribution < 1.29 is 22.3 Å². The van der Waals surface area contributed by atoms with Crippen LogP contribution in [-0.2, 0) is 26.1 Å². The van der Waals surface area contributed by atoms with Crippen molar-refractivity contribution in [2.75, 3.05) is 32.8 Å². The molecule has 29 heavy (non-hydrogen) atoms. The second kappa shape index (κ2) is 9.21. The molecule has 1 saturated heterocycles. The van der Waals surface area contributed by atoms with Gasteiger partial charge in [0.05, 0.1) is 24.7 Å². The highest BCUT2D eigenvalue weighted by molar-refractivity contribution is 7.89. The van der Waals surface area contributed by atoms with Gasteiger partial charge in [0.15, 0.2) is 0 Å². The van der Waals surface area contributed by atoms with Gasteiger partial charge in [0.25, 0.3) is 0 Å². The van der Waals surface area contributed by atoms with E-state index in [-0.39, 0.29) is 27.9 Å². The van der Waals surface area contributed by atoms with Gasteiger partial charge in [-0.1, -0.05) is 35.4 Å². The molecule has 1 aliphatic heterocycles. The Hall–Kier alpha value is -2.00. The zero-order valence-corrected chi connectivity index (χ0v) is 17.5. The Morgan fingerprint density at radius 3 is 2.45 bits per heavy atom. The summed E-state index contributed by atoms with van der Waals surface area (Å²) in [5, 5.41) is 0.105. The Balaban J connectivity index is 1.94. The van der Waals surface area contributed by atoms with Crippen LogP contribution in [0.1, 0.15) is 11.1 Å². The number of sulfonamides is 1. The third-order valence-electron chi connectivity index (χ3n) is 4.73. The zero-order valence-electron chi connectivity index (χ0n) is 16.0. The Morgan fingerprint density at radius 2 is 1.83 bits per heavy atom. The monoisotopic (exact) mass is 440 g/mol. The number of benzene rings is 2. The van der Waals surface area contributed by atoms with Crippen molar-refractivity contribution in [3.63, 3.8) is 0 Å². The first-order valence-electron chi connectivity index (χ1n) is 9.14. The summed E-state index contributed by atoms with van der Waals surface area (Å²) in [6.07, 6.45) is 0. The molecule has 0 unspecified atom stereocenters. The fourth-order valence-electron chi connectivity index (χ4n) is 3.01. The van der Waals surface area contributed by atoms with Gasteiger partial charge in [-0.15, -0.1) is 0 Å². The van der Waals surface area contributed by atoms with Crippen molar-refractivity contribution in [3.8, 4) is 0 Å². The van der Waals surface area contributed by atoms with Crippen LogP contribution in [-0.4, -0.2) is 56.4 Å². The molecule has 1 amide bonds. The summed E-state index contributed by atoms with van der Waals surface area (Å²) in [6, 6.07) is 10.4. The maximum atomic E-state index is 14.3. The van der Waals surface area contributed by atoms with Crippen molar-refractivity contribution in [3.05, 3.63) is 64.4 Å². The van der Waals surface area contributed by atoms with Crippen molar-refractivity contribution in [1.29, 1.82) is 0 Å². The minimum atomic E-state index is -4.05. The molecule has 1 fully saturated rings. The molecule has 156 valence electrons. The van der Waals surface area contributed by atoms with E-state index in [2.05, 4.69) is 0 Å². The fourth-order valence-corrected chi connectivity index (χ4v) is 4.59. The Kier molecular flexibility index (Phi) is 6.89. The molecule has 1 aliphatic rings. The molecule has 0 spiro atoms. The normalized spacial score (nSPS) is 15.0. The molecule has 0 aromatic heterocycles. The van der Waals surface area contributed by atoms with Crippen LogP contribution >= 0.6 is 11.6 Å². The van der Waals surface area contributed by atoms with Gasteiger partial charge in [0, 0.05) is 30.2 Å². The van der Waals surface area contributed by atoms with Crippen LogP contribution in [0.4, 0.5) is 4.39 Å². The molecule has 0 N–H and O–H groups in total. The van der Waals surface area contributed by atoms with Crippen LogP contribution in [0, 0.1) is 12.7 Å². The van der Waals surface area contributed by atoms with E-state index in [1.54, 1.807) is 17.0 Å². The Bertz CT molecular complexity index is 956. The first-order valence-corrected chi connectivity index (χ1v) is 11.0. The van der Waals surface area contributed by atoms with Gasteiger partial charge in [-0.25, -0.2) is 12.8 Å². The largest absolute Gasteiger partial charge is 0.378 e. The van der Waals surface area contributed by atoms with Gasteiger partial charge in [-0.2, -0.15) is 4.31 Å². The minimum absolute atomic E-state index is 0.0274. The van der Waals surface area contributed by atoms with E-state index in [0.29, 0.717) is 26.3 Å². The third-order valence-corrected chi connectivity index (χ3v) is 6.89. The van der Waals surface area contributed by atoms with Crippen LogP contribution in [0.2, 0.25) is 5.02 Å². The highest BCUT2D eigenvalue weighted by Gasteiger charge is 2.30. The average molecular weight is 441 g/mol. The number of hydrogen-bond acceptors (Lipinski definition) is 4. The predicted molar refractivity (Wildman–Crippen MR) is 108 cm³/mol. The first kappa shape index (κ1) is 21.7. The number of amides is 1. The summed E-state index contributed by atoms with van der Waals surface area (Å²) in [7, 11) is -4.05. The lowest BCUT2D eigenvalue weighted by atomic mass is 10.2. The first-order chi connectivity index (χ1) is 13.8. The van der Waals surface area contributed by atoms with E-state index in [1.807, 2.05) is 6.92 Å². The van der Waals surface area contributed by atoms with Gasteiger partial charge >= 0.3 is 0 Å². The van der Waals surface area contributed by atoms with Gasteiger partial charge in [0.2, 0.25) is 15.9 Å². The van der Waals surface area contributed by atoms with Crippen molar-refractivity contribution >= 4 is 27.5 Å². The number of carbonyl (C=O) groups is 1. The van der Waals surface area contributed by atoms with Crippen molar-refractivity contribution in [1.82, 2.24) is 9.21 Å². The Morgan fingerprint density at radius 1 is 1.17 bits per heavy atom. The number of hydrogen-bond donors (Lipinski definition) is 0. The molecule has 0 radical (unpaired) electrons. The molecule has 2 aromatic rings. The quantitative estimate of drug-likeness (QED) is 0.692. The van der Waals surface area contributed by atoms with Crippen LogP contribution in [0.15, 0.2) is 47.4 Å². The van der Waals surface area contributed by atoms with E-state index < -0.39 is 22.4 Å². The summed E-state index contributed by atoms with van der Waals surface area (Å²) in [5.74, 6) is -0.989. The number of ether oxygens (including phenoxy) is 1. The lowest BCUT2D eigenvalue weighted by Crippen LogP contribution is -2.47. The molecule has 6 nitrogen and oxygen atoms in total. The average Bonchev–Trinajstić information content (AvgIpc) is 2.70. The topological polar surface area (TPSA) is 66.9 Å². The second-order valence-electron chi connectivity index (χ2n) is 6.78. The van der Waals surface area contributed by atoms with Gasteiger partial charge in [0.1, 0.15) is 5.82 Å². The standard InChI is InChI=1S/C20H22ClFN2O4S/c1-15-5-7-16(8-6-15)29(26,27)24(13-17-18(21)3-2-4-19(17)22)14-20(25)23-9-11-28-12-10-23/h2-8H,9-14H2,1H3. The number of halogens is 2. The number of morpholine rings is 1. The fraction of sp³-hybridized carbons (Fsp3) is 0.350. The maximum absolute atomic E-state index is 14.3. The van der Waals surface area contributed by atoms with E-state index in [0.717, 1.165) is 9.87 Å². The van der Waals surface area contributed by atoms with E-state index >= 15 is 0 Å². The lowest BCUT2D eigenvalue weighted by molar-refractivity contribution is -0.135. The summed E-state index contributed by atoms with van der Waals surface area (Å²) in [4.78, 5) is 14.3. The van der Waals surface area contributed by atoms with Crippen LogP contribution in [0.25, 0.3) is 0 Å². The molecule has 0 atom stereocenters. The van der Waals surface area contributed by atoms with E-state index in [1.165, 1.54) is 30.3 Å².